The predicted molar refractivity (Wildman–Crippen MR) is 73.1 cm³/mol. The Hall–Kier alpha value is -0.540. The first kappa shape index (κ1) is 16.5. The summed E-state index contributed by atoms with van der Waals surface area (Å²) >= 11 is 0. The van der Waals surface area contributed by atoms with Gasteiger partial charge in [-0.25, -0.2) is 0 Å². The molecule has 0 aliphatic rings. The summed E-state index contributed by atoms with van der Waals surface area (Å²) in [5.41, 5.74) is 1.07. The Labute approximate surface area is 107 Å². The molecule has 3 nitrogen and oxygen atoms in total. The summed E-state index contributed by atoms with van der Waals surface area (Å²) in [4.78, 5) is 0. The van der Waals surface area contributed by atoms with Crippen molar-refractivity contribution in [2.24, 2.45) is 5.92 Å². The molecule has 0 aliphatic carbocycles. The van der Waals surface area contributed by atoms with Crippen LogP contribution in [0.5, 0.6) is 0 Å². The molecular weight excluding hydrogens is 214 g/mol. The van der Waals surface area contributed by atoms with Gasteiger partial charge in [0.1, 0.15) is 0 Å². The lowest BCUT2D eigenvalue weighted by atomic mass is 10.1. The van der Waals surface area contributed by atoms with Crippen molar-refractivity contribution in [2.75, 3.05) is 33.0 Å². The van der Waals surface area contributed by atoms with Crippen molar-refractivity contribution in [3.8, 4) is 0 Å². The molecule has 0 aromatic heterocycles. The molecule has 0 amide bonds. The minimum Gasteiger partial charge on any atom is -0.387 e. The Morgan fingerprint density at radius 1 is 1.12 bits per heavy atom. The Morgan fingerprint density at radius 2 is 1.76 bits per heavy atom. The average Bonchev–Trinajstić information content (AvgIpc) is 2.30. The molecule has 1 N–H and O–H groups in total. The Morgan fingerprint density at radius 3 is 2.35 bits per heavy atom. The van der Waals surface area contributed by atoms with Crippen LogP contribution in [0.25, 0.3) is 0 Å². The maximum Gasteiger partial charge on any atom is 0.0701 e. The fourth-order valence-electron chi connectivity index (χ4n) is 1.34. The van der Waals surface area contributed by atoms with Crippen LogP contribution in [0.2, 0.25) is 0 Å². The average molecular weight is 243 g/mol. The van der Waals surface area contributed by atoms with E-state index in [0.717, 1.165) is 37.6 Å². The summed E-state index contributed by atoms with van der Waals surface area (Å²) in [6, 6.07) is 0. The van der Waals surface area contributed by atoms with E-state index in [1.807, 2.05) is 0 Å². The largest absolute Gasteiger partial charge is 0.387 e. The maximum atomic E-state index is 5.47. The van der Waals surface area contributed by atoms with Crippen molar-refractivity contribution in [1.29, 1.82) is 0 Å². The smallest absolute Gasteiger partial charge is 0.0701 e. The molecule has 0 saturated carbocycles. The second kappa shape index (κ2) is 11.9. The van der Waals surface area contributed by atoms with Crippen molar-refractivity contribution in [3.05, 3.63) is 12.3 Å². The lowest BCUT2D eigenvalue weighted by Crippen LogP contribution is -2.19. The summed E-state index contributed by atoms with van der Waals surface area (Å²) in [6.07, 6.45) is 3.36. The normalized spacial score (nSPS) is 10.8. The summed E-state index contributed by atoms with van der Waals surface area (Å²) in [7, 11) is 0. The molecule has 0 heterocycles. The SMILES string of the molecule is C=C(CC)NCCOCCOCCCC(C)C. The van der Waals surface area contributed by atoms with Crippen LogP contribution in [0.1, 0.15) is 40.0 Å². The zero-order valence-corrected chi connectivity index (χ0v) is 11.8. The third-order valence-corrected chi connectivity index (χ3v) is 2.49. The summed E-state index contributed by atoms with van der Waals surface area (Å²) in [5.74, 6) is 0.771. The zero-order valence-electron chi connectivity index (χ0n) is 11.8. The quantitative estimate of drug-likeness (QED) is 0.535. The van der Waals surface area contributed by atoms with Crippen molar-refractivity contribution >= 4 is 0 Å². The zero-order chi connectivity index (χ0) is 12.9. The minimum atomic E-state index is 0.682. The Bertz CT molecular complexity index is 181. The van der Waals surface area contributed by atoms with Crippen molar-refractivity contribution in [1.82, 2.24) is 5.32 Å². The Balaban J connectivity index is 3.01. The molecule has 0 aliphatic heterocycles. The van der Waals surface area contributed by atoms with Crippen LogP contribution in [-0.2, 0) is 9.47 Å². The van der Waals surface area contributed by atoms with E-state index >= 15 is 0 Å². The molecule has 0 atom stereocenters. The molecule has 0 saturated heterocycles. The van der Waals surface area contributed by atoms with Gasteiger partial charge in [-0.3, -0.25) is 0 Å². The van der Waals surface area contributed by atoms with Gasteiger partial charge >= 0.3 is 0 Å². The number of hydrogen-bond donors (Lipinski definition) is 1. The molecule has 0 radical (unpaired) electrons. The highest BCUT2D eigenvalue weighted by atomic mass is 16.5. The number of nitrogens with one attached hydrogen (secondary N) is 1. The van der Waals surface area contributed by atoms with E-state index in [1.165, 1.54) is 6.42 Å². The van der Waals surface area contributed by atoms with Gasteiger partial charge in [0, 0.05) is 18.8 Å². The van der Waals surface area contributed by atoms with Crippen molar-refractivity contribution in [2.45, 2.75) is 40.0 Å². The van der Waals surface area contributed by atoms with E-state index in [2.05, 4.69) is 32.7 Å². The van der Waals surface area contributed by atoms with Gasteiger partial charge in [0.05, 0.1) is 19.8 Å². The van der Waals surface area contributed by atoms with Gasteiger partial charge in [-0.15, -0.1) is 0 Å². The molecule has 0 aromatic rings. The monoisotopic (exact) mass is 243 g/mol. The molecular formula is C14H29NO2. The molecule has 0 fully saturated rings. The van der Waals surface area contributed by atoms with Gasteiger partial charge in [0.15, 0.2) is 0 Å². The highest BCUT2D eigenvalue weighted by Crippen LogP contribution is 2.02. The highest BCUT2D eigenvalue weighted by molar-refractivity contribution is 4.88. The van der Waals surface area contributed by atoms with Crippen molar-refractivity contribution < 1.29 is 9.47 Å². The van der Waals surface area contributed by atoms with Crippen LogP contribution >= 0.6 is 0 Å². The number of ether oxygens (including phenoxy) is 2. The van der Waals surface area contributed by atoms with Gasteiger partial charge in [0.2, 0.25) is 0 Å². The third-order valence-electron chi connectivity index (χ3n) is 2.49. The van der Waals surface area contributed by atoms with Crippen LogP contribution in [0.3, 0.4) is 0 Å². The Kier molecular flexibility index (Phi) is 11.6. The fraction of sp³-hybridized carbons (Fsp3) is 0.857. The van der Waals surface area contributed by atoms with Crippen molar-refractivity contribution in [3.63, 3.8) is 0 Å². The van der Waals surface area contributed by atoms with Crippen LogP contribution in [0.4, 0.5) is 0 Å². The first-order valence-corrected chi connectivity index (χ1v) is 6.74. The topological polar surface area (TPSA) is 30.5 Å². The van der Waals surface area contributed by atoms with Gasteiger partial charge < -0.3 is 14.8 Å². The molecule has 0 rings (SSSR count). The summed E-state index contributed by atoms with van der Waals surface area (Å²) in [6.45, 7) is 14.2. The van der Waals surface area contributed by atoms with E-state index in [0.29, 0.717) is 19.8 Å². The second-order valence-corrected chi connectivity index (χ2v) is 4.64. The summed E-state index contributed by atoms with van der Waals surface area (Å²) < 4.78 is 10.9. The molecule has 17 heavy (non-hydrogen) atoms. The molecule has 3 heteroatoms. The maximum absolute atomic E-state index is 5.47. The second-order valence-electron chi connectivity index (χ2n) is 4.64. The summed E-state index contributed by atoms with van der Waals surface area (Å²) in [5, 5.41) is 3.20. The highest BCUT2D eigenvalue weighted by Gasteiger charge is 1.94. The first-order chi connectivity index (χ1) is 8.16. The molecule has 0 unspecified atom stereocenters. The fourth-order valence-corrected chi connectivity index (χ4v) is 1.34. The van der Waals surface area contributed by atoms with Gasteiger partial charge in [-0.05, 0) is 25.2 Å². The van der Waals surface area contributed by atoms with Crippen LogP contribution in [0.15, 0.2) is 12.3 Å². The van der Waals surface area contributed by atoms with E-state index < -0.39 is 0 Å². The van der Waals surface area contributed by atoms with Crippen LogP contribution in [0, 0.1) is 5.92 Å². The van der Waals surface area contributed by atoms with Crippen LogP contribution in [-0.4, -0.2) is 33.0 Å². The number of rotatable bonds is 12. The first-order valence-electron chi connectivity index (χ1n) is 6.74. The van der Waals surface area contributed by atoms with E-state index in [4.69, 9.17) is 9.47 Å². The van der Waals surface area contributed by atoms with E-state index in [-0.39, 0.29) is 0 Å². The van der Waals surface area contributed by atoms with Gasteiger partial charge in [-0.2, -0.15) is 0 Å². The lowest BCUT2D eigenvalue weighted by molar-refractivity contribution is 0.0472. The number of allylic oxidation sites excluding steroid dienone is 1. The molecule has 102 valence electrons. The molecule has 0 spiro atoms. The minimum absolute atomic E-state index is 0.682. The molecule has 0 aromatic carbocycles. The van der Waals surface area contributed by atoms with Gasteiger partial charge in [-0.1, -0.05) is 27.4 Å². The van der Waals surface area contributed by atoms with E-state index in [1.54, 1.807) is 0 Å². The van der Waals surface area contributed by atoms with E-state index in [9.17, 15) is 0 Å². The predicted octanol–water partition coefficient (Wildman–Crippen LogP) is 2.97. The molecule has 0 bridgehead atoms. The lowest BCUT2D eigenvalue weighted by Gasteiger charge is -2.09. The third kappa shape index (κ3) is 13.4. The van der Waals surface area contributed by atoms with Crippen LogP contribution < -0.4 is 5.32 Å². The number of hydrogen-bond acceptors (Lipinski definition) is 3. The van der Waals surface area contributed by atoms with Gasteiger partial charge in [0.25, 0.3) is 0 Å². The standard InChI is InChI=1S/C14H29NO2/c1-5-14(4)15-8-10-17-12-11-16-9-6-7-13(2)3/h13,15H,4-12H2,1-3H3.